The third-order valence-electron chi connectivity index (χ3n) is 6.68. The van der Waals surface area contributed by atoms with E-state index < -0.39 is 5.82 Å². The Morgan fingerprint density at radius 1 is 1.24 bits per heavy atom. The quantitative estimate of drug-likeness (QED) is 0.504. The van der Waals surface area contributed by atoms with Crippen molar-refractivity contribution in [2.75, 3.05) is 30.8 Å². The number of hydrogen-bond donors (Lipinski definition) is 1. The number of rotatable bonds is 4. The topological polar surface area (TPSA) is 116 Å². The molecule has 1 aliphatic heterocycles. The fourth-order valence-corrected chi connectivity index (χ4v) is 4.73. The zero-order valence-electron chi connectivity index (χ0n) is 18.1. The van der Waals surface area contributed by atoms with E-state index in [9.17, 15) is 9.18 Å². The SMILES string of the molecule is COc1cc2nc(N)n3nc(C4CCCN(c5cnn(C6CCC6=O)c5)C4)nc3c2cc1F. The van der Waals surface area contributed by atoms with Crippen LogP contribution in [0.25, 0.3) is 16.6 Å². The number of aromatic nitrogens is 6. The number of ketones is 1. The molecule has 2 fully saturated rings. The number of ether oxygens (including phenoxy) is 1. The highest BCUT2D eigenvalue weighted by molar-refractivity contribution is 5.93. The zero-order chi connectivity index (χ0) is 22.7. The average molecular weight is 450 g/mol. The Labute approximate surface area is 188 Å². The molecule has 1 saturated carbocycles. The highest BCUT2D eigenvalue weighted by atomic mass is 19.1. The molecule has 10 nitrogen and oxygen atoms in total. The summed E-state index contributed by atoms with van der Waals surface area (Å²) in [6, 6.07) is 2.75. The highest BCUT2D eigenvalue weighted by Gasteiger charge is 2.32. The number of nitrogen functional groups attached to an aromatic ring is 1. The van der Waals surface area contributed by atoms with Gasteiger partial charge in [0.05, 0.1) is 24.5 Å². The van der Waals surface area contributed by atoms with Gasteiger partial charge in [-0.15, -0.1) is 5.10 Å². The first-order chi connectivity index (χ1) is 16.0. The number of benzene rings is 1. The first-order valence-electron chi connectivity index (χ1n) is 11.0. The molecule has 2 aliphatic rings. The van der Waals surface area contributed by atoms with Crippen LogP contribution in [0.4, 0.5) is 16.0 Å². The van der Waals surface area contributed by atoms with Gasteiger partial charge in [0.15, 0.2) is 28.8 Å². The number of anilines is 2. The number of nitrogens with zero attached hydrogens (tertiary/aromatic N) is 7. The molecule has 33 heavy (non-hydrogen) atoms. The second-order valence-electron chi connectivity index (χ2n) is 8.66. The third kappa shape index (κ3) is 3.18. The summed E-state index contributed by atoms with van der Waals surface area (Å²) in [4.78, 5) is 23.1. The lowest BCUT2D eigenvalue weighted by atomic mass is 9.91. The Morgan fingerprint density at radius 2 is 2.12 bits per heavy atom. The molecule has 170 valence electrons. The van der Waals surface area contributed by atoms with Crippen LogP contribution in [0.2, 0.25) is 0 Å². The fourth-order valence-electron chi connectivity index (χ4n) is 4.73. The molecule has 1 saturated heterocycles. The van der Waals surface area contributed by atoms with Gasteiger partial charge in [-0.25, -0.2) is 14.4 Å². The van der Waals surface area contributed by atoms with Crippen molar-refractivity contribution in [2.45, 2.75) is 37.6 Å². The summed E-state index contributed by atoms with van der Waals surface area (Å²) < 4.78 is 22.7. The molecule has 0 bridgehead atoms. The van der Waals surface area contributed by atoms with Crippen molar-refractivity contribution in [3.63, 3.8) is 0 Å². The number of nitrogens with two attached hydrogens (primary N) is 1. The van der Waals surface area contributed by atoms with Crippen LogP contribution < -0.4 is 15.4 Å². The Balaban J connectivity index is 1.32. The average Bonchev–Trinajstić information content (AvgIpc) is 3.47. The number of carbonyl (C=O) groups is 1. The maximum Gasteiger partial charge on any atom is 0.223 e. The maximum atomic E-state index is 14.4. The van der Waals surface area contributed by atoms with Crippen LogP contribution in [0.3, 0.4) is 0 Å². The Morgan fingerprint density at radius 3 is 2.88 bits per heavy atom. The molecule has 1 aliphatic carbocycles. The molecule has 1 aromatic carbocycles. The van der Waals surface area contributed by atoms with E-state index in [-0.39, 0.29) is 29.4 Å². The first-order valence-corrected chi connectivity index (χ1v) is 11.0. The normalized spacial score (nSPS) is 21.0. The van der Waals surface area contributed by atoms with Crippen LogP contribution in [0.1, 0.15) is 43.5 Å². The van der Waals surface area contributed by atoms with Crippen molar-refractivity contribution in [3.8, 4) is 5.75 Å². The summed E-state index contributed by atoms with van der Waals surface area (Å²) in [6.07, 6.45) is 7.14. The van der Waals surface area contributed by atoms with Crippen LogP contribution >= 0.6 is 0 Å². The predicted octanol–water partition coefficient (Wildman–Crippen LogP) is 2.49. The molecule has 2 atom stereocenters. The largest absolute Gasteiger partial charge is 0.494 e. The van der Waals surface area contributed by atoms with Gasteiger partial charge in [-0.2, -0.15) is 9.61 Å². The van der Waals surface area contributed by atoms with Gasteiger partial charge in [-0.3, -0.25) is 9.48 Å². The number of Topliss-reactive ketones (excluding diaryl/α,β-unsaturated/α-hetero) is 1. The molecule has 2 unspecified atom stereocenters. The van der Waals surface area contributed by atoms with E-state index in [1.54, 1.807) is 4.68 Å². The Kier molecular flexibility index (Phi) is 4.46. The lowest BCUT2D eigenvalue weighted by molar-refractivity contribution is -0.128. The van der Waals surface area contributed by atoms with E-state index in [1.165, 1.54) is 23.8 Å². The minimum atomic E-state index is -0.492. The summed E-state index contributed by atoms with van der Waals surface area (Å²) in [5.74, 6) is 0.759. The number of halogens is 1. The molecule has 11 heteroatoms. The molecule has 0 spiro atoms. The van der Waals surface area contributed by atoms with Crippen molar-refractivity contribution in [1.82, 2.24) is 29.4 Å². The van der Waals surface area contributed by atoms with Crippen LogP contribution in [-0.4, -0.2) is 55.3 Å². The van der Waals surface area contributed by atoms with Gasteiger partial charge < -0.3 is 15.4 Å². The molecule has 2 N–H and O–H groups in total. The minimum absolute atomic E-state index is 0.0740. The van der Waals surface area contributed by atoms with E-state index in [0.717, 1.165) is 31.5 Å². The van der Waals surface area contributed by atoms with Crippen LogP contribution in [0.5, 0.6) is 5.75 Å². The Hall–Kier alpha value is -3.76. The standard InChI is InChI=1S/C22H23FN8O2/c1-33-19-8-16-14(7-15(19)23)21-27-20(28-31(21)22(24)26-16)12-3-2-6-29(10-12)13-9-25-30(11-13)17-4-5-18(17)32/h7-9,11-12,17H,2-6,10H2,1H3,(H2,24,26). The molecule has 4 aromatic rings. The number of piperidine rings is 1. The first kappa shape index (κ1) is 19.9. The molecule has 4 heterocycles. The summed E-state index contributed by atoms with van der Waals surface area (Å²) in [5, 5.41) is 9.57. The molecule has 3 aromatic heterocycles. The van der Waals surface area contributed by atoms with E-state index >= 15 is 0 Å². The van der Waals surface area contributed by atoms with Crippen molar-refractivity contribution in [2.24, 2.45) is 0 Å². The monoisotopic (exact) mass is 450 g/mol. The molecule has 0 radical (unpaired) electrons. The number of fused-ring (bicyclic) bond motifs is 3. The summed E-state index contributed by atoms with van der Waals surface area (Å²) in [6.45, 7) is 1.61. The van der Waals surface area contributed by atoms with Gasteiger partial charge in [0.2, 0.25) is 5.95 Å². The van der Waals surface area contributed by atoms with Gasteiger partial charge in [-0.05, 0) is 25.3 Å². The van der Waals surface area contributed by atoms with Gasteiger partial charge >= 0.3 is 0 Å². The van der Waals surface area contributed by atoms with E-state index in [1.807, 2.05) is 12.4 Å². The molecular weight excluding hydrogens is 427 g/mol. The molecule has 0 amide bonds. The molecular formula is C22H23FN8O2. The van der Waals surface area contributed by atoms with Crippen molar-refractivity contribution in [1.29, 1.82) is 0 Å². The van der Waals surface area contributed by atoms with Crippen LogP contribution in [0, 0.1) is 5.82 Å². The van der Waals surface area contributed by atoms with Gasteiger partial charge in [-0.1, -0.05) is 0 Å². The van der Waals surface area contributed by atoms with Gasteiger partial charge in [0, 0.05) is 43.1 Å². The smallest absolute Gasteiger partial charge is 0.223 e. The zero-order valence-corrected chi connectivity index (χ0v) is 18.1. The van der Waals surface area contributed by atoms with Crippen molar-refractivity contribution < 1.29 is 13.9 Å². The number of hydrogen-bond acceptors (Lipinski definition) is 8. The van der Waals surface area contributed by atoms with E-state index in [0.29, 0.717) is 35.3 Å². The fraction of sp³-hybridized carbons (Fsp3) is 0.409. The lowest BCUT2D eigenvalue weighted by Crippen LogP contribution is -2.34. The summed E-state index contributed by atoms with van der Waals surface area (Å²) in [7, 11) is 1.41. The van der Waals surface area contributed by atoms with Crippen molar-refractivity contribution >= 4 is 34.0 Å². The van der Waals surface area contributed by atoms with Gasteiger partial charge in [0.1, 0.15) is 6.04 Å². The predicted molar refractivity (Wildman–Crippen MR) is 119 cm³/mol. The lowest BCUT2D eigenvalue weighted by Gasteiger charge is -2.32. The minimum Gasteiger partial charge on any atom is -0.494 e. The summed E-state index contributed by atoms with van der Waals surface area (Å²) in [5.41, 5.74) is 8.10. The third-order valence-corrected chi connectivity index (χ3v) is 6.68. The Bertz CT molecular complexity index is 1400. The van der Waals surface area contributed by atoms with E-state index in [4.69, 9.17) is 15.5 Å². The highest BCUT2D eigenvalue weighted by Crippen LogP contribution is 2.33. The second-order valence-corrected chi connectivity index (χ2v) is 8.66. The second kappa shape index (κ2) is 7.39. The van der Waals surface area contributed by atoms with Crippen LogP contribution in [-0.2, 0) is 4.79 Å². The number of carbonyl (C=O) groups excluding carboxylic acids is 1. The van der Waals surface area contributed by atoms with Crippen molar-refractivity contribution in [3.05, 3.63) is 36.2 Å². The molecule has 6 rings (SSSR count). The number of methoxy groups -OCH3 is 1. The van der Waals surface area contributed by atoms with Gasteiger partial charge in [0.25, 0.3) is 0 Å². The van der Waals surface area contributed by atoms with Crippen LogP contribution in [0.15, 0.2) is 24.5 Å². The van der Waals surface area contributed by atoms with E-state index in [2.05, 4.69) is 20.1 Å². The maximum absolute atomic E-state index is 14.4. The summed E-state index contributed by atoms with van der Waals surface area (Å²) >= 11 is 0.